The van der Waals surface area contributed by atoms with Gasteiger partial charge in [-0.1, -0.05) is 95.8 Å². The van der Waals surface area contributed by atoms with Gasteiger partial charge in [-0.2, -0.15) is 0 Å². The highest BCUT2D eigenvalue weighted by molar-refractivity contribution is 8.68. The van der Waals surface area contributed by atoms with Crippen LogP contribution in [0.15, 0.2) is 92.0 Å². The summed E-state index contributed by atoms with van der Waals surface area (Å²) >= 11 is 4.03. The Bertz CT molecular complexity index is 573. The summed E-state index contributed by atoms with van der Waals surface area (Å²) in [6.07, 6.45) is 9.07. The van der Waals surface area contributed by atoms with Gasteiger partial charge in [-0.05, 0) is 17.5 Å². The molecule has 23 heavy (non-hydrogen) atoms. The van der Waals surface area contributed by atoms with Crippen molar-refractivity contribution in [2.24, 2.45) is 0 Å². The average molecular weight is 341 g/mol. The number of benzene rings is 2. The Balaban J connectivity index is 0.000000231. The molecule has 0 spiro atoms. The minimum atomic E-state index is 0.420. The van der Waals surface area contributed by atoms with Gasteiger partial charge in [0.25, 0.3) is 0 Å². The molecule has 0 aliphatic heterocycles. The van der Waals surface area contributed by atoms with Crippen LogP contribution in [0.2, 0.25) is 0 Å². The minimum absolute atomic E-state index is 0.420. The van der Waals surface area contributed by atoms with Crippen LogP contribution in [0.5, 0.6) is 0 Å². The SMILES string of the molecule is C=CCC(C=C)c1ccccc1.SSCC=Cc1ccccc1. The van der Waals surface area contributed by atoms with Crippen molar-refractivity contribution < 1.29 is 0 Å². The summed E-state index contributed by atoms with van der Waals surface area (Å²) < 4.78 is 0. The van der Waals surface area contributed by atoms with Crippen molar-refractivity contribution in [3.63, 3.8) is 0 Å². The Hall–Kier alpha value is -1.64. The molecule has 0 heterocycles. The van der Waals surface area contributed by atoms with E-state index in [0.717, 1.165) is 12.2 Å². The Kier molecular flexibility index (Phi) is 10.9. The molecule has 2 aromatic carbocycles. The summed E-state index contributed by atoms with van der Waals surface area (Å²) in [6, 6.07) is 20.6. The molecular formula is C21H24S2. The summed E-state index contributed by atoms with van der Waals surface area (Å²) in [6.45, 7) is 7.53. The summed E-state index contributed by atoms with van der Waals surface area (Å²) in [5.74, 6) is 1.38. The van der Waals surface area contributed by atoms with Gasteiger partial charge in [0.05, 0.1) is 0 Å². The molecule has 2 rings (SSSR count). The van der Waals surface area contributed by atoms with E-state index in [-0.39, 0.29) is 0 Å². The quantitative estimate of drug-likeness (QED) is 0.328. The van der Waals surface area contributed by atoms with Crippen LogP contribution >= 0.6 is 22.5 Å². The first kappa shape index (κ1) is 19.4. The number of hydrogen-bond donors (Lipinski definition) is 1. The summed E-state index contributed by atoms with van der Waals surface area (Å²) in [4.78, 5) is 0. The van der Waals surface area contributed by atoms with Crippen LogP contribution < -0.4 is 0 Å². The van der Waals surface area contributed by atoms with Crippen LogP contribution in [0.1, 0.15) is 23.5 Å². The molecule has 1 atom stereocenters. The molecular weight excluding hydrogens is 316 g/mol. The van der Waals surface area contributed by atoms with Crippen molar-refractivity contribution in [3.05, 3.63) is 103 Å². The molecule has 0 fully saturated rings. The van der Waals surface area contributed by atoms with Crippen LogP contribution in [0, 0.1) is 0 Å². The third kappa shape index (κ3) is 8.53. The fraction of sp³-hybridized carbons (Fsp3) is 0.143. The van der Waals surface area contributed by atoms with E-state index in [1.54, 1.807) is 0 Å². The Morgan fingerprint density at radius 1 is 0.957 bits per heavy atom. The molecule has 0 saturated heterocycles. The largest absolute Gasteiger partial charge is 0.111 e. The van der Waals surface area contributed by atoms with Crippen molar-refractivity contribution in [2.75, 3.05) is 5.75 Å². The topological polar surface area (TPSA) is 0 Å². The summed E-state index contributed by atoms with van der Waals surface area (Å²) in [5.41, 5.74) is 2.56. The van der Waals surface area contributed by atoms with Gasteiger partial charge in [-0.15, -0.1) is 24.8 Å². The number of rotatable bonds is 7. The molecule has 0 amide bonds. The Morgan fingerprint density at radius 2 is 1.57 bits per heavy atom. The second-order valence-corrected chi connectivity index (χ2v) is 6.25. The van der Waals surface area contributed by atoms with Crippen LogP contribution in [0.4, 0.5) is 0 Å². The van der Waals surface area contributed by atoms with Gasteiger partial charge < -0.3 is 0 Å². The van der Waals surface area contributed by atoms with Crippen LogP contribution in [0.3, 0.4) is 0 Å². The third-order valence-electron chi connectivity index (χ3n) is 3.21. The average Bonchev–Trinajstić information content (AvgIpc) is 2.62. The number of hydrogen-bond acceptors (Lipinski definition) is 2. The van der Waals surface area contributed by atoms with Crippen LogP contribution in [0.25, 0.3) is 6.08 Å². The molecule has 2 heteroatoms. The van der Waals surface area contributed by atoms with Crippen LogP contribution in [-0.2, 0) is 0 Å². The maximum absolute atomic E-state index is 4.03. The van der Waals surface area contributed by atoms with Gasteiger partial charge in [-0.25, -0.2) is 0 Å². The van der Waals surface area contributed by atoms with Crippen molar-refractivity contribution in [2.45, 2.75) is 12.3 Å². The second-order valence-electron chi connectivity index (χ2n) is 4.89. The highest BCUT2D eigenvalue weighted by Crippen LogP contribution is 2.20. The summed E-state index contributed by atoms with van der Waals surface area (Å²) in [7, 11) is 1.53. The maximum atomic E-state index is 4.03. The molecule has 0 nitrogen and oxygen atoms in total. The van der Waals surface area contributed by atoms with Gasteiger partial charge in [0.1, 0.15) is 0 Å². The van der Waals surface area contributed by atoms with Crippen molar-refractivity contribution in [1.29, 1.82) is 0 Å². The highest BCUT2D eigenvalue weighted by Gasteiger charge is 2.02. The first-order valence-corrected chi connectivity index (χ1v) is 9.62. The van der Waals surface area contributed by atoms with Crippen molar-refractivity contribution in [1.82, 2.24) is 0 Å². The standard InChI is InChI=1S/C12H14.C9H10S2/c1-3-8-11(4-2)12-9-6-5-7-10-12;10-11-8-4-7-9-5-2-1-3-6-9/h3-7,9-11H,1-2,8H2;1-7,10H,8H2. The van der Waals surface area contributed by atoms with Gasteiger partial charge >= 0.3 is 0 Å². The lowest BCUT2D eigenvalue weighted by Crippen LogP contribution is -1.91. The molecule has 120 valence electrons. The predicted molar refractivity (Wildman–Crippen MR) is 111 cm³/mol. The molecule has 0 aliphatic carbocycles. The van der Waals surface area contributed by atoms with E-state index in [9.17, 15) is 0 Å². The first-order chi connectivity index (χ1) is 11.3. The van der Waals surface area contributed by atoms with Gasteiger partial charge in [0.2, 0.25) is 0 Å². The van der Waals surface area contributed by atoms with Crippen LogP contribution in [-0.4, -0.2) is 5.75 Å². The van der Waals surface area contributed by atoms with Gasteiger partial charge in [0, 0.05) is 11.7 Å². The normalized spacial score (nSPS) is 11.3. The number of allylic oxidation sites excluding steroid dienone is 2. The zero-order valence-electron chi connectivity index (χ0n) is 13.3. The fourth-order valence-electron chi connectivity index (χ4n) is 2.04. The molecule has 0 aromatic heterocycles. The van der Waals surface area contributed by atoms with Gasteiger partial charge in [-0.3, -0.25) is 0 Å². The van der Waals surface area contributed by atoms with E-state index in [4.69, 9.17) is 0 Å². The lowest BCUT2D eigenvalue weighted by atomic mass is 9.96. The molecule has 2 aromatic rings. The van der Waals surface area contributed by atoms with E-state index < -0.39 is 0 Å². The third-order valence-corrected chi connectivity index (χ3v) is 4.00. The van der Waals surface area contributed by atoms with E-state index in [2.05, 4.69) is 73.4 Å². The highest BCUT2D eigenvalue weighted by atomic mass is 33.1. The fourth-order valence-corrected chi connectivity index (χ4v) is 2.48. The smallest absolute Gasteiger partial charge is 0.0218 e. The van der Waals surface area contributed by atoms with E-state index in [1.807, 2.05) is 36.4 Å². The zero-order valence-corrected chi connectivity index (χ0v) is 15.1. The van der Waals surface area contributed by atoms with E-state index >= 15 is 0 Å². The van der Waals surface area contributed by atoms with Gasteiger partial charge in [0.15, 0.2) is 0 Å². The molecule has 0 saturated carbocycles. The molecule has 1 unspecified atom stereocenters. The molecule has 0 bridgehead atoms. The van der Waals surface area contributed by atoms with Crippen molar-refractivity contribution in [3.8, 4) is 0 Å². The Morgan fingerprint density at radius 3 is 2.09 bits per heavy atom. The summed E-state index contributed by atoms with van der Waals surface area (Å²) in [5, 5.41) is 0. The maximum Gasteiger partial charge on any atom is 0.0218 e. The van der Waals surface area contributed by atoms with E-state index in [0.29, 0.717) is 5.92 Å². The minimum Gasteiger partial charge on any atom is -0.111 e. The molecule has 0 aliphatic rings. The monoisotopic (exact) mass is 340 g/mol. The Labute approximate surface area is 149 Å². The van der Waals surface area contributed by atoms with E-state index in [1.165, 1.54) is 21.9 Å². The lowest BCUT2D eigenvalue weighted by Gasteiger charge is -2.09. The predicted octanol–water partition coefficient (Wildman–Crippen LogP) is 6.81. The number of thiol groups is 1. The molecule has 0 radical (unpaired) electrons. The zero-order chi connectivity index (χ0) is 16.8. The first-order valence-electron chi connectivity index (χ1n) is 7.58. The van der Waals surface area contributed by atoms with Crippen molar-refractivity contribution >= 4 is 28.5 Å². The second kappa shape index (κ2) is 12.9. The lowest BCUT2D eigenvalue weighted by molar-refractivity contribution is 0.868. The molecule has 0 N–H and O–H groups in total.